The molecule has 20 heavy (non-hydrogen) atoms. The van der Waals surface area contributed by atoms with Gasteiger partial charge in [0, 0.05) is 30.5 Å². The minimum absolute atomic E-state index is 0.316. The number of aromatic nitrogens is 4. The summed E-state index contributed by atoms with van der Waals surface area (Å²) in [5, 5.41) is 11.5. The predicted molar refractivity (Wildman–Crippen MR) is 72.9 cm³/mol. The molecular formula is C13H19F2N5. The van der Waals surface area contributed by atoms with Crippen molar-refractivity contribution < 1.29 is 8.78 Å². The maximum absolute atomic E-state index is 12.2. The summed E-state index contributed by atoms with van der Waals surface area (Å²) in [5.74, 6) is 0. The molecule has 0 saturated carbocycles. The summed E-state index contributed by atoms with van der Waals surface area (Å²) in [6, 6.07) is 0.316. The van der Waals surface area contributed by atoms with Gasteiger partial charge in [-0.2, -0.15) is 10.2 Å². The van der Waals surface area contributed by atoms with Gasteiger partial charge in [-0.3, -0.25) is 9.36 Å². The Hall–Kier alpha value is -1.92. The van der Waals surface area contributed by atoms with Crippen LogP contribution in [0.4, 0.5) is 14.5 Å². The fourth-order valence-electron chi connectivity index (χ4n) is 1.85. The minimum Gasteiger partial charge on any atom is -0.378 e. The number of aryl methyl sites for hydroxylation is 1. The molecule has 0 amide bonds. The van der Waals surface area contributed by atoms with Gasteiger partial charge in [-0.15, -0.1) is 0 Å². The number of hydrogen-bond acceptors (Lipinski definition) is 3. The molecular weight excluding hydrogens is 264 g/mol. The minimum atomic E-state index is -2.39. The van der Waals surface area contributed by atoms with Gasteiger partial charge >= 0.3 is 0 Å². The fraction of sp³-hybridized carbons (Fsp3) is 0.538. The van der Waals surface area contributed by atoms with E-state index in [0.29, 0.717) is 12.6 Å². The van der Waals surface area contributed by atoms with Crippen molar-refractivity contribution in [2.24, 2.45) is 0 Å². The molecule has 2 rings (SSSR count). The van der Waals surface area contributed by atoms with Crippen LogP contribution >= 0.6 is 0 Å². The van der Waals surface area contributed by atoms with Gasteiger partial charge in [-0.25, -0.2) is 8.78 Å². The molecule has 2 aromatic rings. The van der Waals surface area contributed by atoms with Gasteiger partial charge in [0.05, 0.1) is 17.6 Å². The molecule has 0 aliphatic rings. The van der Waals surface area contributed by atoms with E-state index in [1.54, 1.807) is 12.4 Å². The smallest absolute Gasteiger partial charge is 0.257 e. The summed E-state index contributed by atoms with van der Waals surface area (Å²) in [6.45, 7) is 6.30. The SMILES string of the molecule is Cc1nn(C(C)C)cc1CNc1cnn(CC(F)F)c1. The largest absolute Gasteiger partial charge is 0.378 e. The van der Waals surface area contributed by atoms with Crippen LogP contribution in [-0.2, 0) is 13.1 Å². The van der Waals surface area contributed by atoms with E-state index in [-0.39, 0.29) is 6.54 Å². The molecule has 2 heterocycles. The molecule has 5 nitrogen and oxygen atoms in total. The molecule has 0 bridgehead atoms. The topological polar surface area (TPSA) is 47.7 Å². The number of nitrogens with one attached hydrogen (secondary N) is 1. The van der Waals surface area contributed by atoms with Crippen LogP contribution in [0.15, 0.2) is 18.6 Å². The fourth-order valence-corrected chi connectivity index (χ4v) is 1.85. The first kappa shape index (κ1) is 14.5. The third-order valence-electron chi connectivity index (χ3n) is 2.99. The van der Waals surface area contributed by atoms with E-state index in [1.165, 1.54) is 4.68 Å². The molecule has 110 valence electrons. The molecule has 7 heteroatoms. The van der Waals surface area contributed by atoms with E-state index < -0.39 is 6.43 Å². The van der Waals surface area contributed by atoms with Gasteiger partial charge in [0.15, 0.2) is 0 Å². The Balaban J connectivity index is 1.96. The van der Waals surface area contributed by atoms with Crippen LogP contribution in [-0.4, -0.2) is 26.0 Å². The van der Waals surface area contributed by atoms with Gasteiger partial charge in [-0.1, -0.05) is 0 Å². The van der Waals surface area contributed by atoms with Crippen LogP contribution in [0.2, 0.25) is 0 Å². The van der Waals surface area contributed by atoms with Crippen molar-refractivity contribution in [3.63, 3.8) is 0 Å². The van der Waals surface area contributed by atoms with Crippen LogP contribution in [0.1, 0.15) is 31.1 Å². The predicted octanol–water partition coefficient (Wildman–Crippen LogP) is 2.85. The average Bonchev–Trinajstić information content (AvgIpc) is 2.93. The molecule has 2 aromatic heterocycles. The summed E-state index contributed by atoms with van der Waals surface area (Å²) in [5.41, 5.74) is 2.77. The molecule has 0 fully saturated rings. The lowest BCUT2D eigenvalue weighted by Gasteiger charge is -2.03. The van der Waals surface area contributed by atoms with Crippen LogP contribution in [0.3, 0.4) is 0 Å². The number of hydrogen-bond donors (Lipinski definition) is 1. The highest BCUT2D eigenvalue weighted by Crippen LogP contribution is 2.13. The van der Waals surface area contributed by atoms with Crippen molar-refractivity contribution in [3.05, 3.63) is 29.8 Å². The maximum atomic E-state index is 12.2. The molecule has 0 aliphatic heterocycles. The van der Waals surface area contributed by atoms with Crippen LogP contribution in [0, 0.1) is 6.92 Å². The summed E-state index contributed by atoms with van der Waals surface area (Å²) in [6.07, 6.45) is 2.73. The highest BCUT2D eigenvalue weighted by Gasteiger charge is 2.08. The number of alkyl halides is 2. The summed E-state index contributed by atoms with van der Waals surface area (Å²) in [4.78, 5) is 0. The Labute approximate surface area is 116 Å². The van der Waals surface area contributed by atoms with Gasteiger partial charge in [0.1, 0.15) is 6.54 Å². The van der Waals surface area contributed by atoms with Gasteiger partial charge in [0.2, 0.25) is 0 Å². The zero-order chi connectivity index (χ0) is 14.7. The van der Waals surface area contributed by atoms with E-state index in [4.69, 9.17) is 0 Å². The van der Waals surface area contributed by atoms with Crippen molar-refractivity contribution in [1.82, 2.24) is 19.6 Å². The third-order valence-corrected chi connectivity index (χ3v) is 2.99. The van der Waals surface area contributed by atoms with E-state index in [0.717, 1.165) is 16.9 Å². The second-order valence-electron chi connectivity index (χ2n) is 5.01. The molecule has 0 atom stereocenters. The first-order chi connectivity index (χ1) is 9.45. The van der Waals surface area contributed by atoms with E-state index >= 15 is 0 Å². The van der Waals surface area contributed by atoms with Crippen LogP contribution in [0.5, 0.6) is 0 Å². The zero-order valence-corrected chi connectivity index (χ0v) is 11.8. The molecule has 1 N–H and O–H groups in total. The van der Waals surface area contributed by atoms with Gasteiger partial charge in [-0.05, 0) is 20.8 Å². The summed E-state index contributed by atoms with van der Waals surface area (Å²) < 4.78 is 27.6. The Morgan fingerprint density at radius 2 is 2.05 bits per heavy atom. The Morgan fingerprint density at radius 1 is 1.30 bits per heavy atom. The molecule has 0 radical (unpaired) electrons. The van der Waals surface area contributed by atoms with E-state index in [2.05, 4.69) is 29.4 Å². The van der Waals surface area contributed by atoms with Gasteiger partial charge in [0.25, 0.3) is 6.43 Å². The molecule has 0 saturated heterocycles. The van der Waals surface area contributed by atoms with Crippen LogP contribution in [0.25, 0.3) is 0 Å². The lowest BCUT2D eigenvalue weighted by Crippen LogP contribution is -2.06. The number of halogens is 2. The van der Waals surface area contributed by atoms with Crippen LogP contribution < -0.4 is 5.32 Å². The van der Waals surface area contributed by atoms with Crippen molar-refractivity contribution in [2.75, 3.05) is 5.32 Å². The Bertz CT molecular complexity index is 559. The standard InChI is InChI=1S/C13H19F2N5/c1-9(2)20-6-11(10(3)18-20)4-16-12-5-17-19(7-12)8-13(14)15/h5-7,9,13,16H,4,8H2,1-3H3. The lowest BCUT2D eigenvalue weighted by atomic mass is 10.2. The monoisotopic (exact) mass is 283 g/mol. The molecule has 0 aliphatic carbocycles. The molecule has 0 aromatic carbocycles. The van der Waals surface area contributed by atoms with E-state index in [1.807, 2.05) is 17.8 Å². The normalized spacial score (nSPS) is 11.6. The number of rotatable bonds is 6. The van der Waals surface area contributed by atoms with Gasteiger partial charge < -0.3 is 5.32 Å². The molecule has 0 unspecified atom stereocenters. The third kappa shape index (κ3) is 3.55. The second kappa shape index (κ2) is 6.02. The Morgan fingerprint density at radius 3 is 2.65 bits per heavy atom. The Kier molecular flexibility index (Phi) is 4.36. The number of nitrogens with zero attached hydrogens (tertiary/aromatic N) is 4. The number of anilines is 1. The van der Waals surface area contributed by atoms with Crippen molar-refractivity contribution in [3.8, 4) is 0 Å². The quantitative estimate of drug-likeness (QED) is 0.886. The summed E-state index contributed by atoms with van der Waals surface area (Å²) in [7, 11) is 0. The summed E-state index contributed by atoms with van der Waals surface area (Å²) >= 11 is 0. The van der Waals surface area contributed by atoms with Crippen molar-refractivity contribution in [2.45, 2.75) is 46.3 Å². The highest BCUT2D eigenvalue weighted by molar-refractivity contribution is 5.39. The van der Waals surface area contributed by atoms with Crippen molar-refractivity contribution in [1.29, 1.82) is 0 Å². The lowest BCUT2D eigenvalue weighted by molar-refractivity contribution is 0.122. The van der Waals surface area contributed by atoms with Crippen molar-refractivity contribution >= 4 is 5.69 Å². The van der Waals surface area contributed by atoms with E-state index in [9.17, 15) is 8.78 Å². The first-order valence-electron chi connectivity index (χ1n) is 6.55. The average molecular weight is 283 g/mol. The maximum Gasteiger partial charge on any atom is 0.257 e. The molecule has 0 spiro atoms. The zero-order valence-electron chi connectivity index (χ0n) is 11.8. The highest BCUT2D eigenvalue weighted by atomic mass is 19.3. The first-order valence-corrected chi connectivity index (χ1v) is 6.55. The second-order valence-corrected chi connectivity index (χ2v) is 5.01.